The maximum Gasteiger partial charge on any atom is 0.322 e. The largest absolute Gasteiger partial charge is 0.322 e. The Hall–Kier alpha value is -3.21. The van der Waals surface area contributed by atoms with Crippen LogP contribution < -0.4 is 5.32 Å². The molecule has 2 aromatic heterocycles. The van der Waals surface area contributed by atoms with Crippen LogP contribution in [0.5, 0.6) is 0 Å². The molecule has 0 aliphatic carbocycles. The van der Waals surface area contributed by atoms with Gasteiger partial charge in [0, 0.05) is 33.5 Å². The van der Waals surface area contributed by atoms with Gasteiger partial charge in [0.1, 0.15) is 5.69 Å². The molecule has 4 aromatic rings. The van der Waals surface area contributed by atoms with E-state index in [1.807, 2.05) is 76.6 Å². The number of halogens is 1. The summed E-state index contributed by atoms with van der Waals surface area (Å²) in [6.45, 7) is 1.74. The second-order valence-electron chi connectivity index (χ2n) is 7.35. The lowest BCUT2D eigenvalue weighted by Crippen LogP contribution is -2.39. The van der Waals surface area contributed by atoms with Crippen molar-refractivity contribution in [2.24, 2.45) is 0 Å². The number of amides is 2. The van der Waals surface area contributed by atoms with Crippen LogP contribution in [0.15, 0.2) is 67.0 Å². The van der Waals surface area contributed by atoms with Gasteiger partial charge in [-0.1, -0.05) is 35.5 Å². The van der Waals surface area contributed by atoms with Crippen molar-refractivity contribution in [3.63, 3.8) is 0 Å². The van der Waals surface area contributed by atoms with E-state index in [4.69, 9.17) is 0 Å². The molecule has 3 heterocycles. The van der Waals surface area contributed by atoms with Gasteiger partial charge in [-0.15, -0.1) is 5.10 Å². The Kier molecular flexibility index (Phi) is 5.41. The minimum absolute atomic E-state index is 0.0926. The minimum Gasteiger partial charge on any atom is -0.320 e. The third kappa shape index (κ3) is 4.18. The SMILES string of the molecule is O=C(Nc1ccccc1)N1CCc2c(cnn2Cc2cn(-c3ccccc3I)nn2)C1. The highest BCUT2D eigenvalue weighted by Crippen LogP contribution is 2.21. The molecule has 2 amide bonds. The number of nitrogens with zero attached hydrogens (tertiary/aromatic N) is 6. The van der Waals surface area contributed by atoms with E-state index in [1.165, 1.54) is 0 Å². The normalized spacial score (nSPS) is 13.1. The maximum absolute atomic E-state index is 12.6. The van der Waals surface area contributed by atoms with E-state index in [1.54, 1.807) is 4.68 Å². The number of hydrogen-bond donors (Lipinski definition) is 1. The molecule has 31 heavy (non-hydrogen) atoms. The number of benzene rings is 2. The summed E-state index contributed by atoms with van der Waals surface area (Å²) in [6.07, 6.45) is 4.54. The van der Waals surface area contributed by atoms with Gasteiger partial charge in [0.15, 0.2) is 0 Å². The van der Waals surface area contributed by atoms with Crippen LogP contribution in [0.1, 0.15) is 17.0 Å². The average molecular weight is 525 g/mol. The standard InChI is InChI=1S/C22H20IN7O/c23-19-8-4-5-9-21(19)30-15-18(26-27-30)14-29-20-10-11-28(13-16(20)12-24-29)22(31)25-17-6-2-1-3-7-17/h1-9,12,15H,10-11,13-14H2,(H,25,31). The number of nitrogens with one attached hydrogen (secondary N) is 1. The zero-order valence-electron chi connectivity index (χ0n) is 16.6. The van der Waals surface area contributed by atoms with Crippen LogP contribution in [-0.4, -0.2) is 42.3 Å². The third-order valence-electron chi connectivity index (χ3n) is 5.28. The first-order chi connectivity index (χ1) is 15.2. The highest BCUT2D eigenvalue weighted by atomic mass is 127. The predicted molar refractivity (Wildman–Crippen MR) is 125 cm³/mol. The van der Waals surface area contributed by atoms with Crippen molar-refractivity contribution in [1.29, 1.82) is 0 Å². The molecule has 0 spiro atoms. The van der Waals surface area contributed by atoms with Gasteiger partial charge >= 0.3 is 6.03 Å². The molecule has 1 aliphatic rings. The molecule has 0 bridgehead atoms. The van der Waals surface area contributed by atoms with Gasteiger partial charge in [0.25, 0.3) is 0 Å². The number of hydrogen-bond acceptors (Lipinski definition) is 4. The fourth-order valence-corrected chi connectivity index (χ4v) is 4.34. The first kappa shape index (κ1) is 19.7. The molecule has 0 saturated carbocycles. The van der Waals surface area contributed by atoms with Crippen LogP contribution in [0.2, 0.25) is 0 Å². The lowest BCUT2D eigenvalue weighted by molar-refractivity contribution is 0.205. The summed E-state index contributed by atoms with van der Waals surface area (Å²) in [5.74, 6) is 0. The second kappa shape index (κ2) is 8.50. The molecule has 1 aliphatic heterocycles. The maximum atomic E-state index is 12.6. The van der Waals surface area contributed by atoms with Crippen LogP contribution in [0.25, 0.3) is 5.69 Å². The molecule has 0 radical (unpaired) electrons. The lowest BCUT2D eigenvalue weighted by Gasteiger charge is -2.27. The molecule has 1 N–H and O–H groups in total. The summed E-state index contributed by atoms with van der Waals surface area (Å²) in [5, 5.41) is 16.1. The van der Waals surface area contributed by atoms with Crippen molar-refractivity contribution < 1.29 is 4.79 Å². The zero-order chi connectivity index (χ0) is 21.2. The molecule has 0 unspecified atom stereocenters. The van der Waals surface area contributed by atoms with Gasteiger partial charge in [0.05, 0.1) is 31.2 Å². The summed E-state index contributed by atoms with van der Waals surface area (Å²) in [4.78, 5) is 14.4. The van der Waals surface area contributed by atoms with Crippen LogP contribution in [0.4, 0.5) is 10.5 Å². The number of para-hydroxylation sites is 2. The zero-order valence-corrected chi connectivity index (χ0v) is 18.8. The van der Waals surface area contributed by atoms with Crippen molar-refractivity contribution in [3.8, 4) is 5.69 Å². The fourth-order valence-electron chi connectivity index (χ4n) is 3.71. The summed E-state index contributed by atoms with van der Waals surface area (Å²) in [5.41, 5.74) is 4.86. The lowest BCUT2D eigenvalue weighted by atomic mass is 10.1. The molecule has 5 rings (SSSR count). The van der Waals surface area contributed by atoms with Gasteiger partial charge in [-0.05, 0) is 46.9 Å². The molecular weight excluding hydrogens is 505 g/mol. The van der Waals surface area contributed by atoms with Crippen LogP contribution >= 0.6 is 22.6 Å². The van der Waals surface area contributed by atoms with Gasteiger partial charge in [-0.25, -0.2) is 9.48 Å². The Balaban J connectivity index is 1.27. The van der Waals surface area contributed by atoms with E-state index in [-0.39, 0.29) is 6.03 Å². The molecule has 156 valence electrons. The van der Waals surface area contributed by atoms with Gasteiger partial charge in [-0.3, -0.25) is 4.68 Å². The van der Waals surface area contributed by atoms with Gasteiger partial charge in [-0.2, -0.15) is 5.10 Å². The number of rotatable bonds is 4. The van der Waals surface area contributed by atoms with E-state index >= 15 is 0 Å². The molecular formula is C22H20IN7O. The number of urea groups is 1. The van der Waals surface area contributed by atoms with Gasteiger partial charge < -0.3 is 10.2 Å². The topological polar surface area (TPSA) is 80.9 Å². The van der Waals surface area contributed by atoms with Crippen LogP contribution in [0.3, 0.4) is 0 Å². The molecule has 0 fully saturated rings. The number of carbonyl (C=O) groups is 1. The van der Waals surface area contributed by atoms with E-state index < -0.39 is 0 Å². The molecule has 2 aromatic carbocycles. The monoisotopic (exact) mass is 525 g/mol. The van der Waals surface area contributed by atoms with E-state index in [9.17, 15) is 4.79 Å². The Morgan fingerprint density at radius 2 is 1.90 bits per heavy atom. The van der Waals surface area contributed by atoms with E-state index in [0.717, 1.165) is 38.3 Å². The Morgan fingerprint density at radius 3 is 2.74 bits per heavy atom. The fraction of sp³-hybridized carbons (Fsp3) is 0.182. The second-order valence-corrected chi connectivity index (χ2v) is 8.51. The number of fused-ring (bicyclic) bond motifs is 1. The first-order valence-corrected chi connectivity index (χ1v) is 11.1. The number of aromatic nitrogens is 5. The molecule has 0 saturated heterocycles. The third-order valence-corrected chi connectivity index (χ3v) is 6.19. The summed E-state index contributed by atoms with van der Waals surface area (Å²) < 4.78 is 4.87. The van der Waals surface area contributed by atoms with Gasteiger partial charge in [0.2, 0.25) is 0 Å². The Morgan fingerprint density at radius 1 is 1.10 bits per heavy atom. The summed E-state index contributed by atoms with van der Waals surface area (Å²) >= 11 is 2.29. The minimum atomic E-state index is -0.0926. The quantitative estimate of drug-likeness (QED) is 0.412. The molecule has 9 heteroatoms. The van der Waals surface area contributed by atoms with Crippen LogP contribution in [-0.2, 0) is 19.5 Å². The van der Waals surface area contributed by atoms with Crippen molar-refractivity contribution >= 4 is 34.3 Å². The Bertz CT molecular complexity index is 1220. The molecule has 0 atom stereocenters. The van der Waals surface area contributed by atoms with Crippen molar-refractivity contribution in [3.05, 3.63) is 87.5 Å². The summed E-state index contributed by atoms with van der Waals surface area (Å²) in [7, 11) is 0. The summed E-state index contributed by atoms with van der Waals surface area (Å²) in [6, 6.07) is 17.5. The highest BCUT2D eigenvalue weighted by Gasteiger charge is 2.24. The van der Waals surface area contributed by atoms with E-state index in [0.29, 0.717) is 19.6 Å². The number of anilines is 1. The first-order valence-electron chi connectivity index (χ1n) is 9.98. The predicted octanol–water partition coefficient (Wildman–Crippen LogP) is 3.71. The smallest absolute Gasteiger partial charge is 0.320 e. The average Bonchev–Trinajstić information content (AvgIpc) is 3.42. The van der Waals surface area contributed by atoms with Crippen LogP contribution in [0, 0.1) is 3.57 Å². The van der Waals surface area contributed by atoms with Crippen molar-refractivity contribution in [2.75, 3.05) is 11.9 Å². The highest BCUT2D eigenvalue weighted by molar-refractivity contribution is 14.1. The van der Waals surface area contributed by atoms with Crippen molar-refractivity contribution in [1.82, 2.24) is 29.7 Å². The Labute approximate surface area is 193 Å². The molecule has 8 nitrogen and oxygen atoms in total. The van der Waals surface area contributed by atoms with E-state index in [2.05, 4.69) is 43.3 Å². The number of carbonyl (C=O) groups excluding carboxylic acids is 1. The van der Waals surface area contributed by atoms with Crippen molar-refractivity contribution in [2.45, 2.75) is 19.5 Å².